The fraction of sp³-hybridized carbons (Fsp3) is 0.476. The molecule has 7 nitrogen and oxygen atoms in total. The lowest BCUT2D eigenvalue weighted by Gasteiger charge is -2.29. The van der Waals surface area contributed by atoms with E-state index in [1.165, 1.54) is 6.20 Å². The van der Waals surface area contributed by atoms with Gasteiger partial charge in [-0.2, -0.15) is 9.40 Å². The van der Waals surface area contributed by atoms with Gasteiger partial charge in [0.25, 0.3) is 5.91 Å². The second-order valence-corrected chi connectivity index (χ2v) is 9.76. The molecule has 1 aliphatic carbocycles. The first kappa shape index (κ1) is 20.0. The average Bonchev–Trinajstić information content (AvgIpc) is 3.57. The molecule has 1 amide bonds. The minimum Gasteiger partial charge on any atom is -0.333 e. The van der Waals surface area contributed by atoms with Crippen LogP contribution in [0.5, 0.6) is 0 Å². The molecule has 0 unspecified atom stereocenters. The van der Waals surface area contributed by atoms with E-state index >= 15 is 0 Å². The molecule has 1 aromatic carbocycles. The summed E-state index contributed by atoms with van der Waals surface area (Å²) in [5.74, 6) is 0.312. The highest BCUT2D eigenvalue weighted by Gasteiger charge is 2.32. The number of carbonyl (C=O) groups is 1. The third-order valence-electron chi connectivity index (χ3n) is 5.54. The van der Waals surface area contributed by atoms with Crippen molar-refractivity contribution in [1.29, 1.82) is 0 Å². The van der Waals surface area contributed by atoms with Gasteiger partial charge < -0.3 is 4.90 Å². The van der Waals surface area contributed by atoms with Crippen molar-refractivity contribution < 1.29 is 13.2 Å². The van der Waals surface area contributed by atoms with Crippen LogP contribution in [0.1, 0.15) is 47.8 Å². The van der Waals surface area contributed by atoms with Crippen LogP contribution in [0.15, 0.2) is 41.4 Å². The number of fused-ring (bicyclic) bond motifs is 1. The number of hydrogen-bond acceptors (Lipinski definition) is 5. The van der Waals surface area contributed by atoms with Crippen LogP contribution in [0.2, 0.25) is 0 Å². The highest BCUT2D eigenvalue weighted by molar-refractivity contribution is 7.89. The van der Waals surface area contributed by atoms with Crippen LogP contribution in [0.3, 0.4) is 0 Å². The molecule has 0 spiro atoms. The third kappa shape index (κ3) is 4.33. The molecular formula is C21H26N4O3S. The van der Waals surface area contributed by atoms with Crippen molar-refractivity contribution in [3.63, 3.8) is 0 Å². The van der Waals surface area contributed by atoms with Gasteiger partial charge in [0.1, 0.15) is 0 Å². The summed E-state index contributed by atoms with van der Waals surface area (Å²) in [7, 11) is -3.53. The van der Waals surface area contributed by atoms with Crippen molar-refractivity contribution >= 4 is 15.9 Å². The molecule has 29 heavy (non-hydrogen) atoms. The number of aromatic nitrogens is 2. The summed E-state index contributed by atoms with van der Waals surface area (Å²) in [6.45, 7) is 4.10. The van der Waals surface area contributed by atoms with Crippen LogP contribution >= 0.6 is 0 Å². The highest BCUT2D eigenvalue weighted by Crippen LogP contribution is 2.32. The monoisotopic (exact) mass is 414 g/mol. The predicted molar refractivity (Wildman–Crippen MR) is 109 cm³/mol. The van der Waals surface area contributed by atoms with E-state index in [9.17, 15) is 13.2 Å². The molecule has 2 aliphatic rings. The first-order valence-corrected chi connectivity index (χ1v) is 11.6. The molecule has 1 aromatic heterocycles. The Hall–Kier alpha value is -2.32. The number of amides is 1. The summed E-state index contributed by atoms with van der Waals surface area (Å²) in [4.78, 5) is 14.7. The summed E-state index contributed by atoms with van der Waals surface area (Å²) < 4.78 is 28.1. The summed E-state index contributed by atoms with van der Waals surface area (Å²) >= 11 is 0. The van der Waals surface area contributed by atoms with E-state index in [0.717, 1.165) is 30.4 Å². The Bertz CT molecular complexity index is 990. The van der Waals surface area contributed by atoms with Crippen LogP contribution in [0.25, 0.3) is 0 Å². The molecule has 0 radical (unpaired) electrons. The lowest BCUT2D eigenvalue weighted by atomic mass is 9.99. The molecule has 1 aliphatic heterocycles. The normalized spacial score (nSPS) is 16.7. The number of rotatable bonds is 7. The Morgan fingerprint density at radius 2 is 2.07 bits per heavy atom. The number of hydrogen-bond donors (Lipinski definition) is 0. The molecule has 2 heterocycles. The van der Waals surface area contributed by atoms with E-state index in [0.29, 0.717) is 49.1 Å². The molecule has 2 aromatic rings. The topological polar surface area (TPSA) is 83.5 Å². The SMILES string of the molecule is CCCN(CC1CC1)S(=O)(=O)c1ccc2c(c1)CN(C(=O)c1cccnn1)CC2. The van der Waals surface area contributed by atoms with Gasteiger partial charge in [-0.1, -0.05) is 13.0 Å². The summed E-state index contributed by atoms with van der Waals surface area (Å²) in [5, 5.41) is 7.67. The molecule has 0 bridgehead atoms. The second kappa shape index (κ2) is 8.20. The maximum Gasteiger partial charge on any atom is 0.274 e. The zero-order chi connectivity index (χ0) is 20.4. The lowest BCUT2D eigenvalue weighted by Crippen LogP contribution is -2.37. The Kier molecular flexibility index (Phi) is 5.65. The Morgan fingerprint density at radius 3 is 2.76 bits per heavy atom. The van der Waals surface area contributed by atoms with E-state index < -0.39 is 10.0 Å². The maximum absolute atomic E-state index is 13.2. The first-order chi connectivity index (χ1) is 14.0. The van der Waals surface area contributed by atoms with Crippen molar-refractivity contribution in [3.05, 3.63) is 53.3 Å². The zero-order valence-electron chi connectivity index (χ0n) is 16.6. The second-order valence-electron chi connectivity index (χ2n) is 7.82. The molecule has 154 valence electrons. The van der Waals surface area contributed by atoms with Gasteiger partial charge >= 0.3 is 0 Å². The summed E-state index contributed by atoms with van der Waals surface area (Å²) in [5.41, 5.74) is 2.28. The van der Waals surface area contributed by atoms with Gasteiger partial charge in [-0.15, -0.1) is 5.10 Å². The summed E-state index contributed by atoms with van der Waals surface area (Å²) in [6, 6.07) is 8.69. The number of nitrogens with zero attached hydrogens (tertiary/aromatic N) is 4. The smallest absolute Gasteiger partial charge is 0.274 e. The Balaban J connectivity index is 1.57. The maximum atomic E-state index is 13.2. The van der Waals surface area contributed by atoms with Gasteiger partial charge in [-0.25, -0.2) is 8.42 Å². The minimum atomic E-state index is -3.53. The van der Waals surface area contributed by atoms with Crippen LogP contribution in [0.4, 0.5) is 0 Å². The van der Waals surface area contributed by atoms with Crippen molar-refractivity contribution in [1.82, 2.24) is 19.4 Å². The van der Waals surface area contributed by atoms with Gasteiger partial charge in [0, 0.05) is 32.4 Å². The Morgan fingerprint density at radius 1 is 1.24 bits per heavy atom. The number of sulfonamides is 1. The molecule has 1 saturated carbocycles. The van der Waals surface area contributed by atoms with Gasteiger partial charge in [-0.05, 0) is 67.0 Å². The minimum absolute atomic E-state index is 0.182. The quantitative estimate of drug-likeness (QED) is 0.695. The fourth-order valence-corrected chi connectivity index (χ4v) is 5.40. The van der Waals surface area contributed by atoms with Gasteiger partial charge in [0.15, 0.2) is 5.69 Å². The van der Waals surface area contributed by atoms with Crippen molar-refractivity contribution in [2.24, 2.45) is 5.92 Å². The van der Waals surface area contributed by atoms with Crippen LogP contribution in [-0.2, 0) is 23.0 Å². The van der Waals surface area contributed by atoms with Crippen molar-refractivity contribution in [2.45, 2.75) is 44.0 Å². The van der Waals surface area contributed by atoms with Crippen LogP contribution in [0, 0.1) is 5.92 Å². The predicted octanol–water partition coefficient (Wildman–Crippen LogP) is 2.49. The first-order valence-electron chi connectivity index (χ1n) is 10.2. The van der Waals surface area contributed by atoms with Crippen LogP contribution < -0.4 is 0 Å². The molecule has 4 rings (SSSR count). The van der Waals surface area contributed by atoms with Crippen molar-refractivity contribution in [3.8, 4) is 0 Å². The van der Waals surface area contributed by atoms with E-state index in [4.69, 9.17) is 0 Å². The fourth-order valence-electron chi connectivity index (χ4n) is 3.74. The molecule has 0 atom stereocenters. The summed E-state index contributed by atoms with van der Waals surface area (Å²) in [6.07, 6.45) is 5.24. The van der Waals surface area contributed by atoms with Crippen LogP contribution in [-0.4, -0.2) is 53.4 Å². The largest absolute Gasteiger partial charge is 0.333 e. The molecule has 0 N–H and O–H groups in total. The molecule has 8 heteroatoms. The van der Waals surface area contributed by atoms with E-state index in [-0.39, 0.29) is 5.91 Å². The van der Waals surface area contributed by atoms with E-state index in [1.54, 1.807) is 33.5 Å². The van der Waals surface area contributed by atoms with Crippen molar-refractivity contribution in [2.75, 3.05) is 19.6 Å². The molecule has 0 saturated heterocycles. The zero-order valence-corrected chi connectivity index (χ0v) is 17.4. The standard InChI is InChI=1S/C21H26N4O3S/c1-2-11-25(14-16-5-6-16)29(27,28)19-8-7-17-9-12-24(15-18(17)13-19)21(26)20-4-3-10-22-23-20/h3-4,7-8,10,13,16H,2,5-6,9,11-12,14-15H2,1H3. The van der Waals surface area contributed by atoms with Gasteiger partial charge in [0.2, 0.25) is 10.0 Å². The number of carbonyl (C=O) groups excluding carboxylic acids is 1. The lowest BCUT2D eigenvalue weighted by molar-refractivity contribution is 0.0727. The van der Waals surface area contributed by atoms with E-state index in [1.807, 2.05) is 13.0 Å². The average molecular weight is 415 g/mol. The highest BCUT2D eigenvalue weighted by atomic mass is 32.2. The molecular weight excluding hydrogens is 388 g/mol. The number of benzene rings is 1. The van der Waals surface area contributed by atoms with E-state index in [2.05, 4.69) is 10.2 Å². The molecule has 1 fully saturated rings. The third-order valence-corrected chi connectivity index (χ3v) is 7.40. The van der Waals surface area contributed by atoms with Gasteiger partial charge in [-0.3, -0.25) is 4.79 Å². The van der Waals surface area contributed by atoms with Gasteiger partial charge in [0.05, 0.1) is 4.90 Å². The Labute approximate surface area is 171 Å².